The first-order valence-corrected chi connectivity index (χ1v) is 8.85. The summed E-state index contributed by atoms with van der Waals surface area (Å²) in [5.41, 5.74) is 1.93. The molecule has 1 aromatic heterocycles. The first kappa shape index (κ1) is 15.9. The van der Waals surface area contributed by atoms with Crippen LogP contribution in [0.1, 0.15) is 51.4 Å². The number of aryl methyl sites for hydroxylation is 1. The zero-order chi connectivity index (χ0) is 17.2. The van der Waals surface area contributed by atoms with E-state index in [-0.39, 0.29) is 17.9 Å². The predicted molar refractivity (Wildman–Crippen MR) is 91.4 cm³/mol. The van der Waals surface area contributed by atoms with Crippen molar-refractivity contribution in [3.05, 3.63) is 52.9 Å². The lowest BCUT2D eigenvalue weighted by molar-refractivity contribution is 0.0781. The summed E-state index contributed by atoms with van der Waals surface area (Å²) in [5.74, 6) is 0.656. The summed E-state index contributed by atoms with van der Waals surface area (Å²) < 4.78 is 5.40. The van der Waals surface area contributed by atoms with Crippen molar-refractivity contribution in [2.24, 2.45) is 0 Å². The lowest BCUT2D eigenvalue weighted by Gasteiger charge is -2.23. The number of hydrogen-bond acceptors (Lipinski definition) is 4. The number of likely N-dealkylation sites (tertiary alicyclic amines) is 1. The number of nitrogens with one attached hydrogen (secondary N) is 1. The van der Waals surface area contributed by atoms with Crippen molar-refractivity contribution in [3.63, 3.8) is 0 Å². The van der Waals surface area contributed by atoms with E-state index in [1.807, 2.05) is 23.1 Å². The van der Waals surface area contributed by atoms with Gasteiger partial charge in [-0.1, -0.05) is 23.4 Å². The monoisotopic (exact) mass is 339 g/mol. The van der Waals surface area contributed by atoms with E-state index in [2.05, 4.69) is 10.5 Å². The summed E-state index contributed by atoms with van der Waals surface area (Å²) in [7, 11) is 0. The lowest BCUT2D eigenvalue weighted by Crippen LogP contribution is -2.39. The van der Waals surface area contributed by atoms with Crippen molar-refractivity contribution in [3.8, 4) is 0 Å². The molecule has 0 radical (unpaired) electrons. The van der Waals surface area contributed by atoms with Crippen LogP contribution in [0.5, 0.6) is 0 Å². The summed E-state index contributed by atoms with van der Waals surface area (Å²) in [6.45, 7) is 1.57. The Morgan fingerprint density at radius 1 is 1.16 bits per heavy atom. The fourth-order valence-electron chi connectivity index (χ4n) is 3.62. The number of fused-ring (bicyclic) bond motifs is 1. The van der Waals surface area contributed by atoms with Crippen LogP contribution in [0.15, 0.2) is 34.9 Å². The normalized spacial score (nSPS) is 19.5. The molecule has 6 nitrogen and oxygen atoms in total. The van der Waals surface area contributed by atoms with E-state index < -0.39 is 0 Å². The third kappa shape index (κ3) is 3.16. The molecule has 4 rings (SSSR count). The first-order chi connectivity index (χ1) is 12.2. The van der Waals surface area contributed by atoms with E-state index in [9.17, 15) is 9.59 Å². The Morgan fingerprint density at radius 2 is 1.92 bits per heavy atom. The van der Waals surface area contributed by atoms with Gasteiger partial charge in [0.1, 0.15) is 5.76 Å². The maximum atomic E-state index is 12.6. The number of carbonyl (C=O) groups excluding carboxylic acids is 2. The molecule has 2 aromatic rings. The molecule has 6 heteroatoms. The Balaban J connectivity index is 1.48. The second-order valence-corrected chi connectivity index (χ2v) is 6.71. The van der Waals surface area contributed by atoms with Crippen molar-refractivity contribution < 1.29 is 14.1 Å². The van der Waals surface area contributed by atoms with Gasteiger partial charge in [-0.05, 0) is 37.8 Å². The maximum Gasteiger partial charge on any atom is 0.276 e. The zero-order valence-corrected chi connectivity index (χ0v) is 14.0. The second kappa shape index (κ2) is 6.70. The fraction of sp³-hybridized carbons (Fsp3) is 0.421. The van der Waals surface area contributed by atoms with Gasteiger partial charge in [-0.15, -0.1) is 0 Å². The highest BCUT2D eigenvalue weighted by Crippen LogP contribution is 2.26. The fourth-order valence-corrected chi connectivity index (χ4v) is 3.62. The Morgan fingerprint density at radius 3 is 2.68 bits per heavy atom. The van der Waals surface area contributed by atoms with Crippen molar-refractivity contribution >= 4 is 11.8 Å². The Kier molecular flexibility index (Phi) is 4.26. The maximum absolute atomic E-state index is 12.6. The number of benzene rings is 1. The van der Waals surface area contributed by atoms with Gasteiger partial charge in [0.15, 0.2) is 5.69 Å². The minimum absolute atomic E-state index is 0.00951. The molecule has 1 fully saturated rings. The molecule has 25 heavy (non-hydrogen) atoms. The van der Waals surface area contributed by atoms with Crippen molar-refractivity contribution in [1.82, 2.24) is 15.4 Å². The Bertz CT molecular complexity index is 778. The SMILES string of the molecule is O=C(NC1CCc2onc(C(=O)N3CCCC3)c2C1)c1ccccc1. The molecule has 0 spiro atoms. The van der Waals surface area contributed by atoms with Crippen LogP contribution < -0.4 is 5.32 Å². The number of nitrogens with zero attached hydrogens (tertiary/aromatic N) is 2. The van der Waals surface area contributed by atoms with Crippen LogP contribution in [0.4, 0.5) is 0 Å². The summed E-state index contributed by atoms with van der Waals surface area (Å²) in [5, 5.41) is 7.10. The molecule has 1 aromatic carbocycles. The van der Waals surface area contributed by atoms with Gasteiger partial charge in [0.25, 0.3) is 11.8 Å². The summed E-state index contributed by atoms with van der Waals surface area (Å²) in [6.07, 6.45) is 4.16. The smallest absolute Gasteiger partial charge is 0.276 e. The molecule has 0 saturated carbocycles. The summed E-state index contributed by atoms with van der Waals surface area (Å²) in [4.78, 5) is 26.8. The van der Waals surface area contributed by atoms with Gasteiger partial charge >= 0.3 is 0 Å². The molecule has 1 aliphatic carbocycles. The van der Waals surface area contributed by atoms with Crippen LogP contribution in [-0.4, -0.2) is 41.0 Å². The van der Waals surface area contributed by atoms with E-state index >= 15 is 0 Å². The van der Waals surface area contributed by atoms with Gasteiger partial charge in [-0.3, -0.25) is 9.59 Å². The highest BCUT2D eigenvalue weighted by Gasteiger charge is 2.32. The van der Waals surface area contributed by atoms with Gasteiger partial charge in [0.05, 0.1) is 0 Å². The van der Waals surface area contributed by atoms with E-state index in [0.29, 0.717) is 24.1 Å². The number of rotatable bonds is 3. The van der Waals surface area contributed by atoms with Gasteiger partial charge in [0.2, 0.25) is 0 Å². The molecule has 2 amide bonds. The third-order valence-electron chi connectivity index (χ3n) is 5.01. The van der Waals surface area contributed by atoms with E-state index in [4.69, 9.17) is 4.52 Å². The number of amides is 2. The van der Waals surface area contributed by atoms with Crippen LogP contribution in [0, 0.1) is 0 Å². The second-order valence-electron chi connectivity index (χ2n) is 6.71. The van der Waals surface area contributed by atoms with Gasteiger partial charge in [-0.2, -0.15) is 0 Å². The lowest BCUT2D eigenvalue weighted by atomic mass is 9.91. The molecule has 2 aliphatic rings. The summed E-state index contributed by atoms with van der Waals surface area (Å²) in [6, 6.07) is 9.17. The number of hydrogen-bond donors (Lipinski definition) is 1. The van der Waals surface area contributed by atoms with Gasteiger partial charge < -0.3 is 14.7 Å². The quantitative estimate of drug-likeness (QED) is 0.930. The van der Waals surface area contributed by atoms with Gasteiger partial charge in [0, 0.05) is 36.7 Å². The van der Waals surface area contributed by atoms with Crippen LogP contribution >= 0.6 is 0 Å². The van der Waals surface area contributed by atoms with Crippen LogP contribution in [0.3, 0.4) is 0 Å². The van der Waals surface area contributed by atoms with Crippen LogP contribution in [0.2, 0.25) is 0 Å². The molecule has 1 unspecified atom stereocenters. The van der Waals surface area contributed by atoms with Crippen LogP contribution in [-0.2, 0) is 12.8 Å². The molecular formula is C19H21N3O3. The van der Waals surface area contributed by atoms with Crippen molar-refractivity contribution in [2.75, 3.05) is 13.1 Å². The van der Waals surface area contributed by atoms with E-state index in [0.717, 1.165) is 43.7 Å². The molecule has 1 saturated heterocycles. The number of aromatic nitrogens is 1. The molecule has 1 aliphatic heterocycles. The molecule has 1 N–H and O–H groups in total. The van der Waals surface area contributed by atoms with E-state index in [1.54, 1.807) is 12.1 Å². The minimum Gasteiger partial charge on any atom is -0.360 e. The first-order valence-electron chi connectivity index (χ1n) is 8.85. The molecule has 0 bridgehead atoms. The highest BCUT2D eigenvalue weighted by atomic mass is 16.5. The Labute approximate surface area is 146 Å². The average Bonchev–Trinajstić information content (AvgIpc) is 3.31. The third-order valence-corrected chi connectivity index (χ3v) is 5.01. The van der Waals surface area contributed by atoms with Gasteiger partial charge in [-0.25, -0.2) is 0 Å². The number of carbonyl (C=O) groups is 2. The molecular weight excluding hydrogens is 318 g/mol. The standard InChI is InChI=1S/C19H21N3O3/c23-18(13-6-2-1-3-7-13)20-14-8-9-16-15(12-14)17(21-25-16)19(24)22-10-4-5-11-22/h1-3,6-7,14H,4-5,8-12H2,(H,20,23). The Hall–Kier alpha value is -2.63. The molecule has 2 heterocycles. The molecule has 130 valence electrons. The van der Waals surface area contributed by atoms with Crippen LogP contribution in [0.25, 0.3) is 0 Å². The van der Waals surface area contributed by atoms with E-state index in [1.165, 1.54) is 0 Å². The largest absolute Gasteiger partial charge is 0.360 e. The molecule has 1 atom stereocenters. The van der Waals surface area contributed by atoms with Crippen molar-refractivity contribution in [2.45, 2.75) is 38.1 Å². The highest BCUT2D eigenvalue weighted by molar-refractivity contribution is 5.95. The minimum atomic E-state index is -0.0853. The topological polar surface area (TPSA) is 75.4 Å². The predicted octanol–water partition coefficient (Wildman–Crippen LogP) is 2.20. The van der Waals surface area contributed by atoms with Crippen molar-refractivity contribution in [1.29, 1.82) is 0 Å². The zero-order valence-electron chi connectivity index (χ0n) is 14.0. The average molecular weight is 339 g/mol. The summed E-state index contributed by atoms with van der Waals surface area (Å²) >= 11 is 0.